The highest BCUT2D eigenvalue weighted by Gasteiger charge is 2.09. The summed E-state index contributed by atoms with van der Waals surface area (Å²) in [5, 5.41) is 2.92. The molecule has 1 N–H and O–H groups in total. The molecular weight excluding hydrogens is 336 g/mol. The summed E-state index contributed by atoms with van der Waals surface area (Å²) < 4.78 is 10.3. The van der Waals surface area contributed by atoms with Gasteiger partial charge in [0.25, 0.3) is 5.91 Å². The lowest BCUT2D eigenvalue weighted by molar-refractivity contribution is 0.0952. The van der Waals surface area contributed by atoms with Crippen LogP contribution in [0.4, 0.5) is 0 Å². The van der Waals surface area contributed by atoms with Crippen molar-refractivity contribution in [3.63, 3.8) is 0 Å². The van der Waals surface area contributed by atoms with Crippen LogP contribution in [0.25, 0.3) is 22.6 Å². The quantitative estimate of drug-likeness (QED) is 0.597. The number of amides is 1. The van der Waals surface area contributed by atoms with Crippen LogP contribution >= 0.6 is 11.7 Å². The van der Waals surface area contributed by atoms with Gasteiger partial charge in [0.1, 0.15) is 16.7 Å². The van der Waals surface area contributed by atoms with Crippen LogP contribution < -0.4 is 5.32 Å². The number of nitrogens with one attached hydrogen (secondary N) is 1. The lowest BCUT2D eigenvalue weighted by Gasteiger charge is -2.09. The highest BCUT2D eigenvalue weighted by molar-refractivity contribution is 7.00. The fraction of sp³-hybridized carbons (Fsp3) is 0.118. The zero-order valence-corrected chi connectivity index (χ0v) is 14.0. The van der Waals surface area contributed by atoms with Gasteiger partial charge in [-0.15, -0.1) is 0 Å². The van der Waals surface area contributed by atoms with Crippen LogP contribution in [0.3, 0.4) is 0 Å². The van der Waals surface area contributed by atoms with Crippen molar-refractivity contribution in [3.05, 3.63) is 60.6 Å². The number of rotatable bonds is 5. The fourth-order valence-electron chi connectivity index (χ4n) is 2.53. The molecule has 0 saturated carbocycles. The smallest absolute Gasteiger partial charge is 0.251 e. The summed E-state index contributed by atoms with van der Waals surface area (Å²) in [6, 6.07) is 11.0. The molecule has 0 saturated heterocycles. The molecule has 0 aliphatic heterocycles. The van der Waals surface area contributed by atoms with E-state index >= 15 is 0 Å². The Morgan fingerprint density at radius 1 is 1.08 bits per heavy atom. The molecule has 0 atom stereocenters. The minimum atomic E-state index is -0.130. The molecule has 0 radical (unpaired) electrons. The molecule has 7 nitrogen and oxygen atoms in total. The molecule has 1 amide bonds. The van der Waals surface area contributed by atoms with Crippen LogP contribution in [0.1, 0.15) is 10.4 Å². The number of benzene rings is 1. The molecular formula is C17H14N6OS. The largest absolute Gasteiger partial charge is 0.350 e. The molecule has 1 aromatic carbocycles. The Morgan fingerprint density at radius 3 is 2.88 bits per heavy atom. The molecule has 3 heterocycles. The minimum absolute atomic E-state index is 0.130. The Kier molecular flexibility index (Phi) is 4.17. The Labute approximate surface area is 147 Å². The van der Waals surface area contributed by atoms with Crippen molar-refractivity contribution < 1.29 is 4.79 Å². The predicted octanol–water partition coefficient (Wildman–Crippen LogP) is 2.38. The number of fused-ring (bicyclic) bond motifs is 1. The third-order valence-corrected chi connectivity index (χ3v) is 4.32. The van der Waals surface area contributed by atoms with E-state index in [1.54, 1.807) is 24.5 Å². The second kappa shape index (κ2) is 6.78. The SMILES string of the molecule is O=C(NCCn1ccnc1-c1ccccn1)c1ccc2nsnc2c1. The lowest BCUT2D eigenvalue weighted by atomic mass is 10.2. The van der Waals surface area contributed by atoms with E-state index in [9.17, 15) is 4.79 Å². The maximum Gasteiger partial charge on any atom is 0.251 e. The third kappa shape index (κ3) is 3.24. The third-order valence-electron chi connectivity index (χ3n) is 3.76. The Balaban J connectivity index is 1.41. The van der Waals surface area contributed by atoms with E-state index in [2.05, 4.69) is 24.0 Å². The Bertz CT molecular complexity index is 1010. The summed E-state index contributed by atoms with van der Waals surface area (Å²) in [7, 11) is 0. The maximum absolute atomic E-state index is 12.3. The summed E-state index contributed by atoms with van der Waals surface area (Å²) in [4.78, 5) is 21.0. The van der Waals surface area contributed by atoms with E-state index < -0.39 is 0 Å². The van der Waals surface area contributed by atoms with Crippen LogP contribution in [-0.2, 0) is 6.54 Å². The fourth-order valence-corrected chi connectivity index (χ4v) is 3.05. The summed E-state index contributed by atoms with van der Waals surface area (Å²) in [6.07, 6.45) is 5.35. The second-order valence-corrected chi connectivity index (χ2v) is 5.91. The van der Waals surface area contributed by atoms with Crippen molar-refractivity contribution in [1.82, 2.24) is 28.6 Å². The zero-order chi connectivity index (χ0) is 17.1. The van der Waals surface area contributed by atoms with Crippen molar-refractivity contribution in [1.29, 1.82) is 0 Å². The second-order valence-electron chi connectivity index (χ2n) is 5.38. The first kappa shape index (κ1) is 15.4. The van der Waals surface area contributed by atoms with Crippen molar-refractivity contribution in [3.8, 4) is 11.5 Å². The van der Waals surface area contributed by atoms with Gasteiger partial charge in [-0.25, -0.2) is 4.98 Å². The monoisotopic (exact) mass is 350 g/mol. The van der Waals surface area contributed by atoms with Gasteiger partial charge in [-0.2, -0.15) is 8.75 Å². The van der Waals surface area contributed by atoms with Gasteiger partial charge >= 0.3 is 0 Å². The van der Waals surface area contributed by atoms with Crippen LogP contribution in [0.15, 0.2) is 55.0 Å². The van der Waals surface area contributed by atoms with E-state index in [1.165, 1.54) is 0 Å². The van der Waals surface area contributed by atoms with Crippen LogP contribution in [-0.4, -0.2) is 35.7 Å². The molecule has 0 aliphatic carbocycles. The summed E-state index contributed by atoms with van der Waals surface area (Å²) in [6.45, 7) is 1.10. The van der Waals surface area contributed by atoms with Crippen LogP contribution in [0.5, 0.6) is 0 Å². The predicted molar refractivity (Wildman–Crippen MR) is 95.2 cm³/mol. The van der Waals surface area contributed by atoms with Gasteiger partial charge in [0.15, 0.2) is 5.82 Å². The minimum Gasteiger partial charge on any atom is -0.350 e. The standard InChI is InChI=1S/C17H14N6OS/c24-17(12-4-5-13-15(11-12)22-25-21-13)20-8-10-23-9-7-19-16(23)14-3-1-2-6-18-14/h1-7,9,11H,8,10H2,(H,20,24). The van der Waals surface area contributed by atoms with E-state index in [-0.39, 0.29) is 5.91 Å². The topological polar surface area (TPSA) is 85.6 Å². The summed E-state index contributed by atoms with van der Waals surface area (Å²) in [5.41, 5.74) is 2.93. The first-order valence-corrected chi connectivity index (χ1v) is 8.47. The molecule has 0 bridgehead atoms. The average Bonchev–Trinajstić information content (AvgIpc) is 3.31. The highest BCUT2D eigenvalue weighted by Crippen LogP contribution is 2.14. The zero-order valence-electron chi connectivity index (χ0n) is 13.2. The molecule has 0 fully saturated rings. The van der Waals surface area contributed by atoms with Crippen LogP contribution in [0.2, 0.25) is 0 Å². The number of aromatic nitrogens is 5. The van der Waals surface area contributed by atoms with Crippen molar-refractivity contribution in [2.45, 2.75) is 6.54 Å². The first-order valence-electron chi connectivity index (χ1n) is 7.74. The Morgan fingerprint density at radius 2 is 2.00 bits per heavy atom. The van der Waals surface area contributed by atoms with Gasteiger partial charge < -0.3 is 9.88 Å². The molecule has 25 heavy (non-hydrogen) atoms. The number of hydrogen-bond acceptors (Lipinski definition) is 6. The number of hydrogen-bond donors (Lipinski definition) is 1. The first-order chi connectivity index (χ1) is 12.3. The number of nitrogens with zero attached hydrogens (tertiary/aromatic N) is 5. The van der Waals surface area contributed by atoms with E-state index in [0.29, 0.717) is 18.7 Å². The van der Waals surface area contributed by atoms with Gasteiger partial charge in [-0.1, -0.05) is 6.07 Å². The van der Waals surface area contributed by atoms with Crippen molar-refractivity contribution in [2.75, 3.05) is 6.54 Å². The van der Waals surface area contributed by atoms with Crippen molar-refractivity contribution >= 4 is 28.7 Å². The number of carbonyl (C=O) groups excluding carboxylic acids is 1. The molecule has 124 valence electrons. The van der Waals surface area contributed by atoms with Crippen LogP contribution in [0, 0.1) is 0 Å². The summed E-state index contributed by atoms with van der Waals surface area (Å²) in [5.74, 6) is 0.652. The average molecular weight is 350 g/mol. The molecule has 4 rings (SSSR count). The van der Waals surface area contributed by atoms with E-state index in [0.717, 1.165) is 34.3 Å². The molecule has 0 aliphatic rings. The maximum atomic E-state index is 12.3. The van der Waals surface area contributed by atoms with Gasteiger partial charge in [0.05, 0.1) is 11.7 Å². The summed E-state index contributed by atoms with van der Waals surface area (Å²) >= 11 is 1.14. The van der Waals surface area contributed by atoms with E-state index in [4.69, 9.17) is 0 Å². The molecule has 0 spiro atoms. The molecule has 0 unspecified atom stereocenters. The molecule has 3 aromatic heterocycles. The molecule has 4 aromatic rings. The van der Waals surface area contributed by atoms with Crippen molar-refractivity contribution in [2.24, 2.45) is 0 Å². The normalized spacial score (nSPS) is 10.9. The van der Waals surface area contributed by atoms with Gasteiger partial charge in [-0.3, -0.25) is 9.78 Å². The number of pyridine rings is 1. The molecule has 8 heteroatoms. The highest BCUT2D eigenvalue weighted by atomic mass is 32.1. The van der Waals surface area contributed by atoms with Gasteiger partial charge in [0.2, 0.25) is 0 Å². The lowest BCUT2D eigenvalue weighted by Crippen LogP contribution is -2.27. The number of imidazole rings is 1. The van der Waals surface area contributed by atoms with Gasteiger partial charge in [-0.05, 0) is 30.3 Å². The van der Waals surface area contributed by atoms with Gasteiger partial charge in [0, 0.05) is 37.2 Å². The number of carbonyl (C=O) groups is 1. The Hall–Kier alpha value is -3.13. The van der Waals surface area contributed by atoms with E-state index in [1.807, 2.05) is 35.0 Å².